The summed E-state index contributed by atoms with van der Waals surface area (Å²) in [5.74, 6) is -1.50. The number of carboxylic acid groups (broad SMARTS) is 1. The summed E-state index contributed by atoms with van der Waals surface area (Å²) in [4.78, 5) is 10.8. The lowest BCUT2D eigenvalue weighted by molar-refractivity contribution is -0.299. The Kier molecular flexibility index (Phi) is 5.02. The van der Waals surface area contributed by atoms with E-state index in [0.29, 0.717) is 0 Å². The molecule has 1 saturated heterocycles. The van der Waals surface area contributed by atoms with Crippen LogP contribution in [0.4, 0.5) is 0 Å². The SMILES string of the molecule is C=CC(C)(O)CO[C@@H]1O[C@H](C(=O)O)[C@@H](O)[C@H](O)[C@H]1O. The Labute approximate surface area is 109 Å². The molecule has 6 atom stereocenters. The third-order valence-corrected chi connectivity index (χ3v) is 2.79. The monoisotopic (exact) mass is 278 g/mol. The summed E-state index contributed by atoms with van der Waals surface area (Å²) in [6.07, 6.45) is -7.14. The minimum Gasteiger partial charge on any atom is -0.479 e. The van der Waals surface area contributed by atoms with Crippen molar-refractivity contribution in [3.05, 3.63) is 12.7 Å². The highest BCUT2D eigenvalue weighted by Crippen LogP contribution is 2.23. The zero-order valence-corrected chi connectivity index (χ0v) is 10.3. The minimum atomic E-state index is -1.77. The Morgan fingerprint density at radius 2 is 1.95 bits per heavy atom. The van der Waals surface area contributed by atoms with Gasteiger partial charge < -0.3 is 35.0 Å². The van der Waals surface area contributed by atoms with E-state index in [2.05, 4.69) is 6.58 Å². The molecule has 1 rings (SSSR count). The summed E-state index contributed by atoms with van der Waals surface area (Å²) in [5, 5.41) is 47.0. The van der Waals surface area contributed by atoms with Crippen molar-refractivity contribution in [1.82, 2.24) is 0 Å². The summed E-state index contributed by atoms with van der Waals surface area (Å²) >= 11 is 0. The van der Waals surface area contributed by atoms with E-state index in [9.17, 15) is 25.2 Å². The molecule has 5 N–H and O–H groups in total. The van der Waals surface area contributed by atoms with E-state index in [1.807, 2.05) is 0 Å². The lowest BCUT2D eigenvalue weighted by Gasteiger charge is -2.39. The third-order valence-electron chi connectivity index (χ3n) is 2.79. The van der Waals surface area contributed by atoms with Crippen molar-refractivity contribution >= 4 is 5.97 Å². The van der Waals surface area contributed by atoms with Crippen LogP contribution in [0.1, 0.15) is 6.92 Å². The van der Waals surface area contributed by atoms with Crippen LogP contribution in [-0.4, -0.2) is 74.4 Å². The predicted molar refractivity (Wildman–Crippen MR) is 61.1 cm³/mol. The van der Waals surface area contributed by atoms with Crippen molar-refractivity contribution in [2.75, 3.05) is 6.61 Å². The topological polar surface area (TPSA) is 137 Å². The van der Waals surface area contributed by atoms with E-state index in [1.54, 1.807) is 0 Å². The van der Waals surface area contributed by atoms with Gasteiger partial charge in [0, 0.05) is 0 Å². The lowest BCUT2D eigenvalue weighted by Crippen LogP contribution is -2.60. The highest BCUT2D eigenvalue weighted by Gasteiger charge is 2.47. The van der Waals surface area contributed by atoms with Crippen LogP contribution in [-0.2, 0) is 14.3 Å². The molecule has 8 heteroatoms. The van der Waals surface area contributed by atoms with Gasteiger partial charge in [-0.3, -0.25) is 0 Å². The van der Waals surface area contributed by atoms with Gasteiger partial charge in [0.15, 0.2) is 12.4 Å². The zero-order chi connectivity index (χ0) is 14.8. The Morgan fingerprint density at radius 3 is 2.42 bits per heavy atom. The Hall–Kier alpha value is -1.03. The van der Waals surface area contributed by atoms with Gasteiger partial charge >= 0.3 is 5.97 Å². The molecule has 1 aliphatic rings. The molecular formula is C11H18O8. The number of carboxylic acids is 1. The van der Waals surface area contributed by atoms with Crippen LogP contribution in [0.5, 0.6) is 0 Å². The van der Waals surface area contributed by atoms with Gasteiger partial charge in [0.25, 0.3) is 0 Å². The maximum absolute atomic E-state index is 10.8. The average Bonchev–Trinajstić information content (AvgIpc) is 2.34. The molecule has 1 heterocycles. The molecule has 0 saturated carbocycles. The molecule has 8 nitrogen and oxygen atoms in total. The number of hydrogen-bond donors (Lipinski definition) is 5. The molecule has 0 aromatic carbocycles. The quantitative estimate of drug-likeness (QED) is 0.358. The molecule has 1 fully saturated rings. The second-order valence-electron chi connectivity index (χ2n) is 4.61. The largest absolute Gasteiger partial charge is 0.479 e. The van der Waals surface area contributed by atoms with E-state index in [1.165, 1.54) is 13.0 Å². The van der Waals surface area contributed by atoms with Crippen molar-refractivity contribution in [3.8, 4) is 0 Å². The van der Waals surface area contributed by atoms with Crippen LogP contribution in [0.15, 0.2) is 12.7 Å². The van der Waals surface area contributed by atoms with Gasteiger partial charge in [-0.25, -0.2) is 4.79 Å². The molecule has 0 radical (unpaired) electrons. The van der Waals surface area contributed by atoms with Crippen molar-refractivity contribution < 1.29 is 39.8 Å². The number of aliphatic hydroxyl groups is 4. The number of rotatable bonds is 5. The number of hydrogen-bond acceptors (Lipinski definition) is 7. The lowest BCUT2D eigenvalue weighted by atomic mass is 9.99. The fourth-order valence-corrected chi connectivity index (χ4v) is 1.50. The van der Waals surface area contributed by atoms with Crippen LogP contribution in [0.25, 0.3) is 0 Å². The maximum Gasteiger partial charge on any atom is 0.335 e. The van der Waals surface area contributed by atoms with Crippen molar-refractivity contribution in [2.45, 2.75) is 43.2 Å². The number of aliphatic hydroxyl groups excluding tert-OH is 3. The van der Waals surface area contributed by atoms with Gasteiger partial charge in [-0.05, 0) is 6.92 Å². The van der Waals surface area contributed by atoms with E-state index in [0.717, 1.165) is 0 Å². The second-order valence-corrected chi connectivity index (χ2v) is 4.61. The van der Waals surface area contributed by atoms with E-state index in [4.69, 9.17) is 14.6 Å². The predicted octanol–water partition coefficient (Wildman–Crippen LogP) is -2.17. The first-order chi connectivity index (χ1) is 8.69. The van der Waals surface area contributed by atoms with Crippen molar-refractivity contribution in [3.63, 3.8) is 0 Å². The first-order valence-corrected chi connectivity index (χ1v) is 5.59. The normalized spacial score (nSPS) is 38.5. The van der Waals surface area contributed by atoms with Crippen LogP contribution in [0.2, 0.25) is 0 Å². The first kappa shape index (κ1) is 16.0. The number of carbonyl (C=O) groups is 1. The standard InChI is InChI=1S/C11H18O8/c1-3-11(2,17)4-18-10-7(14)5(12)6(13)8(19-10)9(15)16/h3,5-8,10,12-14,17H,1,4H2,2H3,(H,15,16)/t5-,6-,7+,8-,10+,11?/m0/s1. The third kappa shape index (κ3) is 3.72. The molecule has 0 spiro atoms. The average molecular weight is 278 g/mol. The maximum atomic E-state index is 10.8. The van der Waals surface area contributed by atoms with E-state index >= 15 is 0 Å². The van der Waals surface area contributed by atoms with Gasteiger partial charge in [-0.15, -0.1) is 6.58 Å². The van der Waals surface area contributed by atoms with Gasteiger partial charge in [0.1, 0.15) is 23.9 Å². The fourth-order valence-electron chi connectivity index (χ4n) is 1.50. The fraction of sp³-hybridized carbons (Fsp3) is 0.727. The summed E-state index contributed by atoms with van der Waals surface area (Å²) in [7, 11) is 0. The van der Waals surface area contributed by atoms with Crippen LogP contribution < -0.4 is 0 Å². The highest BCUT2D eigenvalue weighted by atomic mass is 16.7. The summed E-state index contributed by atoms with van der Waals surface area (Å²) in [6.45, 7) is 4.43. The van der Waals surface area contributed by atoms with Gasteiger partial charge in [0.05, 0.1) is 6.61 Å². The molecule has 1 aliphatic heterocycles. The molecule has 0 aromatic rings. The molecule has 1 unspecified atom stereocenters. The molecule has 0 aliphatic carbocycles. The number of aliphatic carboxylic acids is 1. The molecule has 110 valence electrons. The van der Waals surface area contributed by atoms with Crippen molar-refractivity contribution in [2.24, 2.45) is 0 Å². The second kappa shape index (κ2) is 5.95. The Morgan fingerprint density at radius 1 is 1.37 bits per heavy atom. The molecular weight excluding hydrogens is 260 g/mol. The zero-order valence-electron chi connectivity index (χ0n) is 10.3. The Bertz CT molecular complexity index is 342. The summed E-state index contributed by atoms with van der Waals surface area (Å²) in [5.41, 5.74) is -1.40. The van der Waals surface area contributed by atoms with E-state index < -0.39 is 42.3 Å². The molecule has 0 bridgehead atoms. The van der Waals surface area contributed by atoms with Crippen LogP contribution in [0.3, 0.4) is 0 Å². The highest BCUT2D eigenvalue weighted by molar-refractivity contribution is 5.73. The van der Waals surface area contributed by atoms with Crippen molar-refractivity contribution in [1.29, 1.82) is 0 Å². The van der Waals surface area contributed by atoms with Gasteiger partial charge in [0.2, 0.25) is 0 Å². The van der Waals surface area contributed by atoms with E-state index in [-0.39, 0.29) is 6.61 Å². The van der Waals surface area contributed by atoms with Gasteiger partial charge in [-0.1, -0.05) is 6.08 Å². The molecule has 19 heavy (non-hydrogen) atoms. The first-order valence-electron chi connectivity index (χ1n) is 5.59. The Balaban J connectivity index is 2.72. The minimum absolute atomic E-state index is 0.326. The smallest absolute Gasteiger partial charge is 0.335 e. The van der Waals surface area contributed by atoms with Crippen LogP contribution >= 0.6 is 0 Å². The molecule has 0 amide bonds. The van der Waals surface area contributed by atoms with Crippen LogP contribution in [0, 0.1) is 0 Å². The summed E-state index contributed by atoms with van der Waals surface area (Å²) < 4.78 is 9.88. The molecule has 0 aromatic heterocycles. The number of ether oxygens (including phenoxy) is 2. The van der Waals surface area contributed by atoms with Gasteiger partial charge in [-0.2, -0.15) is 0 Å². The summed E-state index contributed by atoms with van der Waals surface area (Å²) in [6, 6.07) is 0.